The van der Waals surface area contributed by atoms with E-state index in [1.54, 1.807) is 36.4 Å². The summed E-state index contributed by atoms with van der Waals surface area (Å²) in [6.45, 7) is 2.46. The molecule has 0 amide bonds. The van der Waals surface area contributed by atoms with E-state index in [1.165, 1.54) is 12.4 Å². The highest BCUT2D eigenvalue weighted by molar-refractivity contribution is 7.85. The molecule has 0 aliphatic heterocycles. The molecule has 1 aromatic heterocycles. The standard InChI is InChI=1S/C24H22FN3O2S/c1-16-5-2-8-20-23(16)27-15-28-24(20)21-14-18(9-10-22(21)25)30-17-6-3-7-19(13-17)31(29)12-4-11-26/h2-3,5-10,13-15H,4,11-12,26H2,1H3. The Labute approximate surface area is 182 Å². The van der Waals surface area contributed by atoms with Crippen LogP contribution in [0.15, 0.2) is 71.9 Å². The first kappa shape index (κ1) is 21.1. The molecule has 0 saturated carbocycles. The first-order valence-electron chi connectivity index (χ1n) is 9.93. The summed E-state index contributed by atoms with van der Waals surface area (Å²) in [4.78, 5) is 9.34. The molecule has 7 heteroatoms. The Hall–Kier alpha value is -3.16. The molecule has 0 fully saturated rings. The number of ether oxygens (including phenoxy) is 1. The molecule has 4 aromatic rings. The van der Waals surface area contributed by atoms with Gasteiger partial charge in [0.05, 0.1) is 22.0 Å². The number of para-hydroxylation sites is 1. The van der Waals surface area contributed by atoms with Crippen LogP contribution in [0.25, 0.3) is 22.2 Å². The molecule has 0 aliphatic rings. The normalized spacial score (nSPS) is 12.1. The van der Waals surface area contributed by atoms with Crippen LogP contribution in [0.5, 0.6) is 11.5 Å². The fourth-order valence-electron chi connectivity index (χ4n) is 3.35. The number of halogens is 1. The van der Waals surface area contributed by atoms with Crippen molar-refractivity contribution in [2.75, 3.05) is 12.3 Å². The van der Waals surface area contributed by atoms with Crippen LogP contribution in [-0.4, -0.2) is 26.5 Å². The second kappa shape index (κ2) is 9.32. The monoisotopic (exact) mass is 435 g/mol. The molecular weight excluding hydrogens is 413 g/mol. The lowest BCUT2D eigenvalue weighted by Crippen LogP contribution is -2.06. The lowest BCUT2D eigenvalue weighted by atomic mass is 10.0. The highest BCUT2D eigenvalue weighted by atomic mass is 32.2. The number of nitrogens with zero attached hydrogens (tertiary/aromatic N) is 2. The molecule has 1 atom stereocenters. The second-order valence-corrected chi connectivity index (χ2v) is 8.67. The molecule has 2 N–H and O–H groups in total. The van der Waals surface area contributed by atoms with Crippen molar-refractivity contribution < 1.29 is 13.3 Å². The van der Waals surface area contributed by atoms with Gasteiger partial charge in [-0.3, -0.25) is 4.21 Å². The lowest BCUT2D eigenvalue weighted by Gasteiger charge is -2.11. The highest BCUT2D eigenvalue weighted by Gasteiger charge is 2.14. The summed E-state index contributed by atoms with van der Waals surface area (Å²) in [5.74, 6) is 1.09. The number of rotatable bonds is 7. The van der Waals surface area contributed by atoms with Crippen molar-refractivity contribution in [3.05, 3.63) is 78.4 Å². The van der Waals surface area contributed by atoms with Crippen LogP contribution in [-0.2, 0) is 10.8 Å². The fourth-order valence-corrected chi connectivity index (χ4v) is 4.49. The molecule has 0 saturated heterocycles. The summed E-state index contributed by atoms with van der Waals surface area (Å²) in [6, 6.07) is 17.4. The van der Waals surface area contributed by atoms with Gasteiger partial charge < -0.3 is 10.5 Å². The summed E-state index contributed by atoms with van der Waals surface area (Å²) in [5.41, 5.74) is 8.12. The molecule has 31 heavy (non-hydrogen) atoms. The zero-order valence-corrected chi connectivity index (χ0v) is 17.9. The predicted octanol–water partition coefficient (Wildman–Crippen LogP) is 4.99. The first-order valence-corrected chi connectivity index (χ1v) is 11.3. The summed E-state index contributed by atoms with van der Waals surface area (Å²) in [6.07, 6.45) is 2.13. The fraction of sp³-hybridized carbons (Fsp3) is 0.167. The van der Waals surface area contributed by atoms with Crippen LogP contribution < -0.4 is 10.5 Å². The van der Waals surface area contributed by atoms with E-state index in [2.05, 4.69) is 9.97 Å². The van der Waals surface area contributed by atoms with Gasteiger partial charge in [0.15, 0.2) is 0 Å². The largest absolute Gasteiger partial charge is 0.457 e. The Morgan fingerprint density at radius 3 is 2.68 bits per heavy atom. The molecule has 3 aromatic carbocycles. The van der Waals surface area contributed by atoms with Gasteiger partial charge in [-0.2, -0.15) is 0 Å². The number of hydrogen-bond donors (Lipinski definition) is 1. The number of hydrogen-bond acceptors (Lipinski definition) is 5. The first-order chi connectivity index (χ1) is 15.1. The molecule has 5 nitrogen and oxygen atoms in total. The highest BCUT2D eigenvalue weighted by Crippen LogP contribution is 2.33. The van der Waals surface area contributed by atoms with Gasteiger partial charge in [0.1, 0.15) is 23.6 Å². The average Bonchev–Trinajstić information content (AvgIpc) is 2.79. The topological polar surface area (TPSA) is 78.1 Å². The number of fused-ring (bicyclic) bond motifs is 1. The molecule has 158 valence electrons. The van der Waals surface area contributed by atoms with Gasteiger partial charge in [-0.1, -0.05) is 24.3 Å². The van der Waals surface area contributed by atoms with Crippen LogP contribution in [0.2, 0.25) is 0 Å². The summed E-state index contributed by atoms with van der Waals surface area (Å²) >= 11 is 0. The molecule has 0 radical (unpaired) electrons. The summed E-state index contributed by atoms with van der Waals surface area (Å²) in [7, 11) is -1.14. The number of benzene rings is 3. The number of aromatic nitrogens is 2. The molecule has 1 unspecified atom stereocenters. The van der Waals surface area contributed by atoms with Crippen LogP contribution in [0.4, 0.5) is 4.39 Å². The van der Waals surface area contributed by atoms with E-state index >= 15 is 0 Å². The Kier molecular flexibility index (Phi) is 6.34. The third kappa shape index (κ3) is 4.62. The van der Waals surface area contributed by atoms with Crippen molar-refractivity contribution in [2.45, 2.75) is 18.2 Å². The van der Waals surface area contributed by atoms with Crippen molar-refractivity contribution in [1.82, 2.24) is 9.97 Å². The van der Waals surface area contributed by atoms with Crippen molar-refractivity contribution in [2.24, 2.45) is 5.73 Å². The minimum atomic E-state index is -1.14. The Balaban J connectivity index is 1.67. The van der Waals surface area contributed by atoms with E-state index in [-0.39, 0.29) is 0 Å². The quantitative estimate of drug-likeness (QED) is 0.442. The molecule has 1 heterocycles. The van der Waals surface area contributed by atoms with Crippen molar-refractivity contribution in [3.8, 4) is 22.8 Å². The maximum atomic E-state index is 14.7. The molecule has 0 aliphatic carbocycles. The van der Waals surface area contributed by atoms with Gasteiger partial charge in [0, 0.05) is 21.6 Å². The second-order valence-electron chi connectivity index (χ2n) is 7.10. The van der Waals surface area contributed by atoms with Gasteiger partial charge in [0.25, 0.3) is 0 Å². The molecule has 0 spiro atoms. The van der Waals surface area contributed by atoms with Gasteiger partial charge in [0.2, 0.25) is 0 Å². The predicted molar refractivity (Wildman–Crippen MR) is 121 cm³/mol. The van der Waals surface area contributed by atoms with E-state index in [1.807, 2.05) is 25.1 Å². The zero-order chi connectivity index (χ0) is 21.8. The van der Waals surface area contributed by atoms with Gasteiger partial charge >= 0.3 is 0 Å². The smallest absolute Gasteiger partial charge is 0.132 e. The van der Waals surface area contributed by atoms with Gasteiger partial charge in [-0.05, 0) is 61.9 Å². The van der Waals surface area contributed by atoms with E-state index < -0.39 is 16.6 Å². The summed E-state index contributed by atoms with van der Waals surface area (Å²) < 4.78 is 33.1. The molecular formula is C24H22FN3O2S. The van der Waals surface area contributed by atoms with E-state index in [0.717, 1.165) is 16.5 Å². The third-order valence-corrected chi connectivity index (χ3v) is 6.34. The van der Waals surface area contributed by atoms with Crippen LogP contribution in [0.3, 0.4) is 0 Å². The van der Waals surface area contributed by atoms with Crippen LogP contribution in [0, 0.1) is 12.7 Å². The Morgan fingerprint density at radius 1 is 1.03 bits per heavy atom. The van der Waals surface area contributed by atoms with Gasteiger partial charge in [-0.15, -0.1) is 0 Å². The number of aryl methyl sites for hydroxylation is 1. The molecule has 0 bridgehead atoms. The van der Waals surface area contributed by atoms with Gasteiger partial charge in [-0.25, -0.2) is 14.4 Å². The Bertz CT molecular complexity index is 1260. The summed E-state index contributed by atoms with van der Waals surface area (Å²) in [5, 5.41) is 0.774. The SMILES string of the molecule is Cc1cccc2c(-c3cc(Oc4cccc(S(=O)CCCN)c4)ccc3F)ncnc12. The maximum Gasteiger partial charge on any atom is 0.132 e. The van der Waals surface area contributed by atoms with E-state index in [9.17, 15) is 8.60 Å². The molecule has 4 rings (SSSR count). The van der Waals surface area contributed by atoms with Crippen molar-refractivity contribution in [1.29, 1.82) is 0 Å². The van der Waals surface area contributed by atoms with Crippen LogP contribution in [0.1, 0.15) is 12.0 Å². The lowest BCUT2D eigenvalue weighted by molar-refractivity contribution is 0.479. The minimum Gasteiger partial charge on any atom is -0.457 e. The third-order valence-electron chi connectivity index (χ3n) is 4.90. The Morgan fingerprint density at radius 2 is 1.84 bits per heavy atom. The number of nitrogens with two attached hydrogens (primary N) is 1. The van der Waals surface area contributed by atoms with Crippen molar-refractivity contribution in [3.63, 3.8) is 0 Å². The zero-order valence-electron chi connectivity index (χ0n) is 17.0. The van der Waals surface area contributed by atoms with E-state index in [4.69, 9.17) is 10.5 Å². The average molecular weight is 436 g/mol. The van der Waals surface area contributed by atoms with Crippen LogP contribution >= 0.6 is 0 Å². The minimum absolute atomic E-state index is 0.332. The maximum absolute atomic E-state index is 14.7. The van der Waals surface area contributed by atoms with Crippen molar-refractivity contribution >= 4 is 21.7 Å². The van der Waals surface area contributed by atoms with E-state index in [0.29, 0.717) is 46.4 Å².